The van der Waals surface area contributed by atoms with Crippen molar-refractivity contribution < 1.29 is 23.5 Å². The van der Waals surface area contributed by atoms with Crippen LogP contribution >= 0.6 is 15.9 Å². The second kappa shape index (κ2) is 8.59. The number of ether oxygens (including phenoxy) is 2. The van der Waals surface area contributed by atoms with Crippen molar-refractivity contribution in [3.8, 4) is 6.07 Å². The number of primary amides is 1. The molecule has 1 saturated heterocycles. The number of nitrogens with two attached hydrogens (primary N) is 1. The average molecular weight is 466 g/mol. The van der Waals surface area contributed by atoms with Gasteiger partial charge in [-0.3, -0.25) is 9.48 Å². The first-order valence-corrected chi connectivity index (χ1v) is 9.35. The van der Waals surface area contributed by atoms with Crippen molar-refractivity contribution in [2.75, 3.05) is 25.6 Å². The molecule has 0 radical (unpaired) electrons. The van der Waals surface area contributed by atoms with E-state index >= 15 is 0 Å². The Morgan fingerprint density at radius 3 is 2.90 bits per heavy atom. The molecule has 2 heterocycles. The maximum absolute atomic E-state index is 14.4. The van der Waals surface area contributed by atoms with Crippen molar-refractivity contribution in [3.63, 3.8) is 0 Å². The van der Waals surface area contributed by atoms with E-state index in [0.717, 1.165) is 13.2 Å². The highest BCUT2D eigenvalue weighted by Crippen LogP contribution is 2.31. The number of benzene rings is 1. The number of nitrogens with one attached hydrogen (secondary N) is 1. The van der Waals surface area contributed by atoms with Crippen molar-refractivity contribution in [1.82, 2.24) is 9.78 Å². The highest BCUT2D eigenvalue weighted by Gasteiger charge is 2.29. The molecule has 1 unspecified atom stereocenters. The number of rotatable bonds is 5. The van der Waals surface area contributed by atoms with Crippen LogP contribution in [0.15, 0.2) is 22.8 Å². The summed E-state index contributed by atoms with van der Waals surface area (Å²) in [4.78, 5) is 23.5. The summed E-state index contributed by atoms with van der Waals surface area (Å²) in [7, 11) is 1.15. The van der Waals surface area contributed by atoms with E-state index in [4.69, 9.17) is 10.5 Å². The Kier molecular flexibility index (Phi) is 6.14. The molecule has 1 aromatic heterocycles. The molecule has 9 nitrogen and oxygen atoms in total. The summed E-state index contributed by atoms with van der Waals surface area (Å²) in [6, 6.07) is 4.36. The lowest BCUT2D eigenvalue weighted by atomic mass is 9.97. The van der Waals surface area contributed by atoms with E-state index in [2.05, 4.69) is 37.2 Å². The Labute approximate surface area is 173 Å². The molecule has 0 saturated carbocycles. The zero-order chi connectivity index (χ0) is 21.1. The molecule has 2 atom stereocenters. The minimum Gasteiger partial charge on any atom is -0.465 e. The second-order valence-corrected chi connectivity index (χ2v) is 7.19. The summed E-state index contributed by atoms with van der Waals surface area (Å²) in [5, 5.41) is 16.5. The maximum Gasteiger partial charge on any atom is 0.342 e. The number of anilines is 2. The number of halogens is 2. The van der Waals surface area contributed by atoms with Gasteiger partial charge in [0.1, 0.15) is 16.9 Å². The number of aromatic nitrogens is 2. The second-order valence-electron chi connectivity index (χ2n) is 6.33. The molecule has 0 aliphatic carbocycles. The summed E-state index contributed by atoms with van der Waals surface area (Å²) in [6.07, 6.45) is 1.98. The molecular weight excluding hydrogens is 449 g/mol. The lowest BCUT2D eigenvalue weighted by Gasteiger charge is -2.26. The van der Waals surface area contributed by atoms with Gasteiger partial charge in [-0.15, -0.1) is 0 Å². The molecule has 0 bridgehead atoms. The average Bonchev–Trinajstić information content (AvgIpc) is 3.11. The first kappa shape index (κ1) is 20.8. The van der Waals surface area contributed by atoms with E-state index in [1.54, 1.807) is 0 Å². The lowest BCUT2D eigenvalue weighted by molar-refractivity contribution is 0.0342. The van der Waals surface area contributed by atoms with Crippen LogP contribution in [-0.4, -0.2) is 42.0 Å². The number of hydrogen-bond acceptors (Lipinski definition) is 7. The monoisotopic (exact) mass is 465 g/mol. The molecule has 3 N–H and O–H groups in total. The van der Waals surface area contributed by atoms with Crippen LogP contribution in [0.3, 0.4) is 0 Å². The van der Waals surface area contributed by atoms with Crippen LogP contribution in [0.25, 0.3) is 0 Å². The predicted molar refractivity (Wildman–Crippen MR) is 103 cm³/mol. The van der Waals surface area contributed by atoms with Crippen LogP contribution in [-0.2, 0) is 9.47 Å². The van der Waals surface area contributed by atoms with Crippen molar-refractivity contribution >= 4 is 39.3 Å². The van der Waals surface area contributed by atoms with Crippen LogP contribution in [0.2, 0.25) is 0 Å². The van der Waals surface area contributed by atoms with Gasteiger partial charge in [0, 0.05) is 23.0 Å². The Morgan fingerprint density at radius 1 is 1.52 bits per heavy atom. The molecule has 1 aliphatic heterocycles. The molecule has 2 aromatic rings. The first-order valence-electron chi connectivity index (χ1n) is 8.56. The maximum atomic E-state index is 14.4. The third-order valence-corrected chi connectivity index (χ3v) is 5.15. The molecule has 1 fully saturated rings. The zero-order valence-corrected chi connectivity index (χ0v) is 16.9. The molecule has 0 spiro atoms. The van der Waals surface area contributed by atoms with Crippen LogP contribution in [0, 0.1) is 23.1 Å². The van der Waals surface area contributed by atoms with Gasteiger partial charge in [0.2, 0.25) is 0 Å². The predicted octanol–water partition coefficient (Wildman–Crippen LogP) is 2.51. The number of carbonyl (C=O) groups is 2. The van der Waals surface area contributed by atoms with Gasteiger partial charge in [0.25, 0.3) is 5.91 Å². The van der Waals surface area contributed by atoms with Gasteiger partial charge in [0.15, 0.2) is 5.82 Å². The van der Waals surface area contributed by atoms with E-state index in [0.29, 0.717) is 13.0 Å². The van der Waals surface area contributed by atoms with Crippen molar-refractivity contribution in [2.45, 2.75) is 12.5 Å². The summed E-state index contributed by atoms with van der Waals surface area (Å²) in [6.45, 7) is 0.745. The minimum atomic E-state index is -0.831. The smallest absolute Gasteiger partial charge is 0.342 e. The Morgan fingerprint density at radius 2 is 2.28 bits per heavy atom. The van der Waals surface area contributed by atoms with Crippen molar-refractivity contribution in [1.29, 1.82) is 5.26 Å². The van der Waals surface area contributed by atoms with Crippen LogP contribution < -0.4 is 11.1 Å². The highest BCUT2D eigenvalue weighted by molar-refractivity contribution is 9.10. The molecule has 29 heavy (non-hydrogen) atoms. The van der Waals surface area contributed by atoms with Gasteiger partial charge in [-0.1, -0.05) is 0 Å². The first-order chi connectivity index (χ1) is 13.8. The quantitative estimate of drug-likeness (QED) is 0.648. The van der Waals surface area contributed by atoms with Gasteiger partial charge in [-0.2, -0.15) is 10.4 Å². The molecule has 11 heteroatoms. The minimum absolute atomic E-state index is 0.0702. The SMILES string of the molecule is COC(=O)c1c(F)cc(Nc2nn(C3COCC[C@@H]3C#N)cc2C(N)=O)cc1Br. The standard InChI is InChI=1S/C18H17BrFN5O4/c1-28-18(27)15-12(19)4-10(5-13(15)20)23-17-11(16(22)26)7-25(24-17)14-8-29-3-2-9(14)6-21/h4-5,7,9,14H,2-3,8H2,1H3,(H2,22,26)(H,23,24)/t9-,14?/m1/s1. The number of nitriles is 1. The summed E-state index contributed by atoms with van der Waals surface area (Å²) in [5.74, 6) is -2.63. The number of methoxy groups -OCH3 is 1. The fraction of sp³-hybridized carbons (Fsp3) is 0.333. The molecule has 1 aliphatic rings. The van der Waals surface area contributed by atoms with Gasteiger partial charge in [0.05, 0.1) is 31.7 Å². The molecule has 1 aromatic carbocycles. The van der Waals surface area contributed by atoms with E-state index in [9.17, 15) is 19.2 Å². The number of amides is 1. The largest absolute Gasteiger partial charge is 0.465 e. The highest BCUT2D eigenvalue weighted by atomic mass is 79.9. The number of nitrogens with zero attached hydrogens (tertiary/aromatic N) is 3. The fourth-order valence-corrected chi connectivity index (χ4v) is 3.65. The van der Waals surface area contributed by atoms with E-state index in [1.807, 2.05) is 0 Å². The summed E-state index contributed by atoms with van der Waals surface area (Å²) < 4.78 is 26.0. The van der Waals surface area contributed by atoms with Crippen LogP contribution in [0.1, 0.15) is 33.2 Å². The van der Waals surface area contributed by atoms with Crippen molar-refractivity contribution in [2.24, 2.45) is 11.7 Å². The third-order valence-electron chi connectivity index (χ3n) is 4.52. The van der Waals surface area contributed by atoms with Gasteiger partial charge >= 0.3 is 5.97 Å². The number of esters is 1. The van der Waals surface area contributed by atoms with Crippen molar-refractivity contribution in [3.05, 3.63) is 39.7 Å². The zero-order valence-electron chi connectivity index (χ0n) is 15.3. The topological polar surface area (TPSA) is 132 Å². The number of hydrogen-bond donors (Lipinski definition) is 2. The van der Waals surface area contributed by atoms with Crippen LogP contribution in [0.4, 0.5) is 15.9 Å². The Hall–Kier alpha value is -2.97. The Balaban J connectivity index is 1.95. The summed E-state index contributed by atoms with van der Waals surface area (Å²) in [5.41, 5.74) is 5.49. The lowest BCUT2D eigenvalue weighted by Crippen LogP contribution is -2.29. The third kappa shape index (κ3) is 4.23. The summed E-state index contributed by atoms with van der Waals surface area (Å²) >= 11 is 3.13. The molecular formula is C18H17BrFN5O4. The van der Waals surface area contributed by atoms with E-state index < -0.39 is 17.7 Å². The van der Waals surface area contributed by atoms with Gasteiger partial charge in [-0.05, 0) is 34.5 Å². The normalized spacial score (nSPS) is 18.7. The Bertz CT molecular complexity index is 980. The van der Waals surface area contributed by atoms with Gasteiger partial charge in [-0.25, -0.2) is 9.18 Å². The molecule has 152 valence electrons. The molecule has 3 rings (SSSR count). The van der Waals surface area contributed by atoms with Gasteiger partial charge < -0.3 is 20.5 Å². The van der Waals surface area contributed by atoms with Crippen LogP contribution in [0.5, 0.6) is 0 Å². The number of carbonyl (C=O) groups excluding carboxylic acids is 2. The fourth-order valence-electron chi connectivity index (χ4n) is 3.05. The molecule has 1 amide bonds. The van der Waals surface area contributed by atoms with E-state index in [-0.39, 0.29) is 45.7 Å². The van der Waals surface area contributed by atoms with E-state index in [1.165, 1.54) is 16.9 Å².